The zero-order chi connectivity index (χ0) is 8.72. The minimum Gasteiger partial charge on any atom is -0.366 e. The molecule has 3 unspecified atom stereocenters. The first-order valence-corrected chi connectivity index (χ1v) is 4.70. The summed E-state index contributed by atoms with van der Waals surface area (Å²) in [5, 5.41) is 0. The van der Waals surface area contributed by atoms with Gasteiger partial charge in [0.15, 0.2) is 5.78 Å². The van der Waals surface area contributed by atoms with Crippen molar-refractivity contribution >= 4 is 5.78 Å². The maximum Gasteiger partial charge on any atom is 0.152 e. The molecule has 2 saturated heterocycles. The number of nitrogens with zero attached hydrogens (tertiary/aromatic N) is 1. The Hall–Kier alpha value is -0.410. The van der Waals surface area contributed by atoms with Gasteiger partial charge in [-0.1, -0.05) is 13.8 Å². The Kier molecular flexibility index (Phi) is 1.93. The largest absolute Gasteiger partial charge is 0.366 e. The lowest BCUT2D eigenvalue weighted by Crippen LogP contribution is -2.40. The van der Waals surface area contributed by atoms with Crippen LogP contribution in [-0.2, 0) is 9.53 Å². The van der Waals surface area contributed by atoms with E-state index in [0.717, 1.165) is 13.1 Å². The Morgan fingerprint density at radius 3 is 2.92 bits per heavy atom. The van der Waals surface area contributed by atoms with Gasteiger partial charge in [0.05, 0.1) is 12.1 Å². The zero-order valence-corrected chi connectivity index (χ0v) is 7.62. The second kappa shape index (κ2) is 2.82. The molecule has 0 aromatic heterocycles. The van der Waals surface area contributed by atoms with Crippen molar-refractivity contribution in [3.63, 3.8) is 0 Å². The van der Waals surface area contributed by atoms with Crippen LogP contribution in [0.2, 0.25) is 0 Å². The summed E-state index contributed by atoms with van der Waals surface area (Å²) >= 11 is 0. The maximum atomic E-state index is 11.5. The molecule has 0 aliphatic carbocycles. The highest BCUT2D eigenvalue weighted by Crippen LogP contribution is 2.36. The molecule has 2 heterocycles. The number of fused-ring (bicyclic) bond motifs is 1. The number of morpholine rings is 1. The molecule has 0 amide bonds. The third-order valence-electron chi connectivity index (χ3n) is 2.83. The quantitative estimate of drug-likeness (QED) is 0.575. The predicted molar refractivity (Wildman–Crippen MR) is 45.0 cm³/mol. The average Bonchev–Trinajstić information content (AvgIpc) is 2.76. The second-order valence-corrected chi connectivity index (χ2v) is 3.49. The molecule has 2 fully saturated rings. The van der Waals surface area contributed by atoms with E-state index in [0.29, 0.717) is 18.3 Å². The minimum atomic E-state index is 0.0741. The number of epoxide rings is 1. The smallest absolute Gasteiger partial charge is 0.152 e. The molecule has 0 aromatic carbocycles. The topological polar surface area (TPSA) is 32.8 Å². The Balaban J connectivity index is 2.05. The fraction of sp³-hybridized carbons (Fsp3) is 0.889. The van der Waals surface area contributed by atoms with Gasteiger partial charge >= 0.3 is 0 Å². The lowest BCUT2D eigenvalue weighted by molar-refractivity contribution is -0.124. The van der Waals surface area contributed by atoms with Crippen LogP contribution in [0.25, 0.3) is 0 Å². The molecule has 3 heteroatoms. The predicted octanol–water partition coefficient (Wildman–Crippen LogP) is 0.437. The first kappa shape index (κ1) is 8.20. The van der Waals surface area contributed by atoms with Gasteiger partial charge in [0.25, 0.3) is 0 Å². The van der Waals surface area contributed by atoms with E-state index in [9.17, 15) is 4.79 Å². The molecule has 0 bridgehead atoms. The van der Waals surface area contributed by atoms with Crippen LogP contribution in [-0.4, -0.2) is 42.0 Å². The monoisotopic (exact) mass is 169 g/mol. The summed E-state index contributed by atoms with van der Waals surface area (Å²) < 4.78 is 5.36. The molecule has 2 aliphatic rings. The van der Waals surface area contributed by atoms with Crippen molar-refractivity contribution in [1.82, 2.24) is 4.90 Å². The summed E-state index contributed by atoms with van der Waals surface area (Å²) in [6.45, 7) is 5.94. The highest BCUT2D eigenvalue weighted by Gasteiger charge is 2.56. The average molecular weight is 169 g/mol. The molecule has 0 aromatic rings. The molecule has 0 spiro atoms. The van der Waals surface area contributed by atoms with Crippen molar-refractivity contribution in [2.24, 2.45) is 0 Å². The van der Waals surface area contributed by atoms with Crippen molar-refractivity contribution < 1.29 is 9.53 Å². The fourth-order valence-corrected chi connectivity index (χ4v) is 2.06. The molecule has 2 rings (SSSR count). The molecule has 12 heavy (non-hydrogen) atoms. The van der Waals surface area contributed by atoms with Gasteiger partial charge in [0, 0.05) is 13.0 Å². The van der Waals surface area contributed by atoms with E-state index in [1.165, 1.54) is 0 Å². The van der Waals surface area contributed by atoms with E-state index in [-0.39, 0.29) is 12.1 Å². The summed E-state index contributed by atoms with van der Waals surface area (Å²) in [7, 11) is 0. The van der Waals surface area contributed by atoms with Crippen LogP contribution in [0.1, 0.15) is 20.3 Å². The van der Waals surface area contributed by atoms with E-state index in [2.05, 4.69) is 11.8 Å². The first-order valence-electron chi connectivity index (χ1n) is 4.70. The van der Waals surface area contributed by atoms with Crippen LogP contribution in [0.3, 0.4) is 0 Å². The molecular weight excluding hydrogens is 154 g/mol. The summed E-state index contributed by atoms with van der Waals surface area (Å²) in [5.41, 5.74) is 0. The number of Topliss-reactive ketones (excluding diaryl/α,β-unsaturated/α-hetero) is 1. The van der Waals surface area contributed by atoms with Crippen LogP contribution < -0.4 is 0 Å². The van der Waals surface area contributed by atoms with Crippen molar-refractivity contribution in [2.45, 2.75) is 38.5 Å². The van der Waals surface area contributed by atoms with Crippen molar-refractivity contribution in [1.29, 1.82) is 0 Å². The van der Waals surface area contributed by atoms with E-state index in [1.54, 1.807) is 0 Å². The number of hydrogen-bond donors (Lipinski definition) is 0. The van der Waals surface area contributed by atoms with Crippen molar-refractivity contribution in [2.75, 3.05) is 13.1 Å². The third-order valence-corrected chi connectivity index (χ3v) is 2.83. The standard InChI is InChI=1S/C9H15NO2/c1-3-6(11)8-9-7(12-9)5-10(8)4-2/h7-9H,3-5H2,1-2H3. The van der Waals surface area contributed by atoms with E-state index < -0.39 is 0 Å². The highest BCUT2D eigenvalue weighted by atomic mass is 16.6. The van der Waals surface area contributed by atoms with Crippen LogP contribution in [0.15, 0.2) is 0 Å². The number of carbonyl (C=O) groups is 1. The number of hydrogen-bond acceptors (Lipinski definition) is 3. The van der Waals surface area contributed by atoms with Crippen LogP contribution in [0, 0.1) is 0 Å². The lowest BCUT2D eigenvalue weighted by Gasteiger charge is -2.23. The zero-order valence-electron chi connectivity index (χ0n) is 7.62. The van der Waals surface area contributed by atoms with Gasteiger partial charge in [0.1, 0.15) is 6.10 Å². The Morgan fingerprint density at radius 2 is 2.33 bits per heavy atom. The number of carbonyl (C=O) groups excluding carboxylic acids is 1. The van der Waals surface area contributed by atoms with Gasteiger partial charge in [-0.25, -0.2) is 0 Å². The van der Waals surface area contributed by atoms with Crippen LogP contribution >= 0.6 is 0 Å². The van der Waals surface area contributed by atoms with Crippen molar-refractivity contribution in [3.05, 3.63) is 0 Å². The molecule has 2 aliphatic heterocycles. The summed E-state index contributed by atoms with van der Waals surface area (Å²) in [6.07, 6.45) is 1.23. The summed E-state index contributed by atoms with van der Waals surface area (Å²) in [4.78, 5) is 13.7. The second-order valence-electron chi connectivity index (χ2n) is 3.49. The highest BCUT2D eigenvalue weighted by molar-refractivity contribution is 5.85. The third kappa shape index (κ3) is 1.08. The van der Waals surface area contributed by atoms with Gasteiger partial charge < -0.3 is 4.74 Å². The number of ether oxygens (including phenoxy) is 1. The first-order chi connectivity index (χ1) is 5.77. The van der Waals surface area contributed by atoms with Crippen LogP contribution in [0.5, 0.6) is 0 Å². The SMILES string of the molecule is CCC(=O)C1C2OC2CN1CC. The molecule has 3 nitrogen and oxygen atoms in total. The molecule has 3 atom stereocenters. The van der Waals surface area contributed by atoms with E-state index >= 15 is 0 Å². The number of ketones is 1. The molecule has 68 valence electrons. The van der Waals surface area contributed by atoms with Gasteiger partial charge in [-0.3, -0.25) is 9.69 Å². The van der Waals surface area contributed by atoms with E-state index in [4.69, 9.17) is 4.74 Å². The number of likely N-dealkylation sites (tertiary alicyclic amines) is 1. The van der Waals surface area contributed by atoms with Gasteiger partial charge in [-0.2, -0.15) is 0 Å². The van der Waals surface area contributed by atoms with Crippen LogP contribution in [0.4, 0.5) is 0 Å². The molecular formula is C9H15NO2. The number of likely N-dealkylation sites (N-methyl/N-ethyl adjacent to an activating group) is 1. The molecule has 0 N–H and O–H groups in total. The fourth-order valence-electron chi connectivity index (χ4n) is 2.06. The Bertz CT molecular complexity index is 205. The number of rotatable bonds is 3. The van der Waals surface area contributed by atoms with Gasteiger partial charge in [-0.05, 0) is 6.54 Å². The van der Waals surface area contributed by atoms with E-state index in [1.807, 2.05) is 6.92 Å². The lowest BCUT2D eigenvalue weighted by atomic mass is 10.1. The van der Waals surface area contributed by atoms with Gasteiger partial charge in [0.2, 0.25) is 0 Å². The van der Waals surface area contributed by atoms with Crippen molar-refractivity contribution in [3.8, 4) is 0 Å². The maximum absolute atomic E-state index is 11.5. The summed E-state index contributed by atoms with van der Waals surface area (Å²) in [5.74, 6) is 0.335. The van der Waals surface area contributed by atoms with Gasteiger partial charge in [-0.15, -0.1) is 0 Å². The summed E-state index contributed by atoms with van der Waals surface area (Å²) in [6, 6.07) is 0.0741. The molecule has 0 saturated carbocycles. The minimum absolute atomic E-state index is 0.0741. The normalized spacial score (nSPS) is 39.7. The molecule has 0 radical (unpaired) electrons. The Labute approximate surface area is 72.7 Å². The Morgan fingerprint density at radius 1 is 1.58 bits per heavy atom.